The molecule has 1 saturated heterocycles. The van der Waals surface area contributed by atoms with Gasteiger partial charge in [-0.05, 0) is 25.1 Å². The van der Waals surface area contributed by atoms with Gasteiger partial charge in [-0.2, -0.15) is 17.5 Å². The second kappa shape index (κ2) is 6.75. The van der Waals surface area contributed by atoms with Gasteiger partial charge >= 0.3 is 6.18 Å². The van der Waals surface area contributed by atoms with Crippen molar-refractivity contribution in [3.8, 4) is 0 Å². The van der Waals surface area contributed by atoms with Gasteiger partial charge in [0, 0.05) is 38.4 Å². The van der Waals surface area contributed by atoms with Gasteiger partial charge in [0.25, 0.3) is 15.2 Å². The predicted octanol–water partition coefficient (Wildman–Crippen LogP) is 1.87. The van der Waals surface area contributed by atoms with Crippen LogP contribution in [0.1, 0.15) is 12.5 Å². The SMILES string of the molecule is C[C@@H]1CN(c2ccc(F)cc2C(F)(F)F)CCN1S(=O)(=O)c1ncn(C)n1. The number of benzene rings is 1. The van der Waals surface area contributed by atoms with Gasteiger partial charge < -0.3 is 4.90 Å². The molecule has 0 bridgehead atoms. The molecule has 0 aliphatic carbocycles. The van der Waals surface area contributed by atoms with Crippen molar-refractivity contribution in [2.75, 3.05) is 24.5 Å². The summed E-state index contributed by atoms with van der Waals surface area (Å²) in [5.74, 6) is -0.985. The summed E-state index contributed by atoms with van der Waals surface area (Å²) in [7, 11) is -2.43. The predicted molar refractivity (Wildman–Crippen MR) is 88.0 cm³/mol. The summed E-state index contributed by atoms with van der Waals surface area (Å²) in [5, 5.41) is 3.44. The van der Waals surface area contributed by atoms with E-state index < -0.39 is 33.6 Å². The first kappa shape index (κ1) is 19.5. The highest BCUT2D eigenvalue weighted by molar-refractivity contribution is 7.89. The van der Waals surface area contributed by atoms with Gasteiger partial charge in [0.1, 0.15) is 12.1 Å². The summed E-state index contributed by atoms with van der Waals surface area (Å²) in [5.41, 5.74) is -1.26. The zero-order chi connectivity index (χ0) is 20.0. The molecule has 0 spiro atoms. The maximum absolute atomic E-state index is 13.3. The fourth-order valence-corrected chi connectivity index (χ4v) is 4.56. The lowest BCUT2D eigenvalue weighted by atomic mass is 10.1. The zero-order valence-corrected chi connectivity index (χ0v) is 15.3. The van der Waals surface area contributed by atoms with Crippen LogP contribution in [0.15, 0.2) is 29.7 Å². The number of rotatable bonds is 3. The lowest BCUT2D eigenvalue weighted by Crippen LogP contribution is -2.54. The molecular formula is C15H17F4N5O2S. The van der Waals surface area contributed by atoms with E-state index >= 15 is 0 Å². The van der Waals surface area contributed by atoms with E-state index in [0.717, 1.165) is 16.4 Å². The molecule has 12 heteroatoms. The van der Waals surface area contributed by atoms with Crippen molar-refractivity contribution in [3.63, 3.8) is 0 Å². The number of hydrogen-bond acceptors (Lipinski definition) is 5. The molecule has 1 aromatic carbocycles. The monoisotopic (exact) mass is 407 g/mol. The third-order valence-corrected chi connectivity index (χ3v) is 6.10. The Hall–Kier alpha value is -2.21. The van der Waals surface area contributed by atoms with E-state index in [1.807, 2.05) is 0 Å². The number of anilines is 1. The minimum atomic E-state index is -4.72. The largest absolute Gasteiger partial charge is 0.418 e. The number of halogens is 4. The van der Waals surface area contributed by atoms with Gasteiger partial charge in [-0.15, -0.1) is 5.10 Å². The molecule has 7 nitrogen and oxygen atoms in total. The summed E-state index contributed by atoms with van der Waals surface area (Å²) in [6.45, 7) is 1.58. The van der Waals surface area contributed by atoms with Crippen molar-refractivity contribution in [2.24, 2.45) is 7.05 Å². The molecule has 27 heavy (non-hydrogen) atoms. The number of hydrogen-bond donors (Lipinski definition) is 0. The first-order valence-corrected chi connectivity index (χ1v) is 9.43. The molecule has 0 saturated carbocycles. The van der Waals surface area contributed by atoms with Crippen molar-refractivity contribution in [1.82, 2.24) is 19.1 Å². The summed E-state index contributed by atoms with van der Waals surface area (Å²) in [4.78, 5) is 5.16. The number of piperazine rings is 1. The van der Waals surface area contributed by atoms with Crippen LogP contribution in [0.2, 0.25) is 0 Å². The Morgan fingerprint density at radius 3 is 2.48 bits per heavy atom. The molecule has 1 aliphatic rings. The summed E-state index contributed by atoms with van der Waals surface area (Å²) < 4.78 is 80.8. The van der Waals surface area contributed by atoms with Crippen LogP contribution in [0.4, 0.5) is 23.2 Å². The van der Waals surface area contributed by atoms with Crippen LogP contribution < -0.4 is 4.90 Å². The summed E-state index contributed by atoms with van der Waals surface area (Å²) in [6.07, 6.45) is -3.47. The Morgan fingerprint density at radius 1 is 1.22 bits per heavy atom. The van der Waals surface area contributed by atoms with Crippen molar-refractivity contribution < 1.29 is 26.0 Å². The van der Waals surface area contributed by atoms with E-state index in [1.54, 1.807) is 6.92 Å². The lowest BCUT2D eigenvalue weighted by Gasteiger charge is -2.40. The van der Waals surface area contributed by atoms with Crippen LogP contribution >= 0.6 is 0 Å². The Labute approximate surface area is 153 Å². The standard InChI is InChI=1S/C15H17F4N5O2S/c1-10-8-23(13-4-3-11(16)7-12(13)15(17,18)19)5-6-24(10)27(25,26)14-20-9-22(2)21-14/h3-4,7,9-10H,5-6,8H2,1-2H3/t10-/m1/s1. The lowest BCUT2D eigenvalue weighted by molar-refractivity contribution is -0.137. The van der Waals surface area contributed by atoms with E-state index in [0.29, 0.717) is 6.07 Å². The van der Waals surface area contributed by atoms with Crippen LogP contribution in [0.25, 0.3) is 0 Å². The highest BCUT2D eigenvalue weighted by Crippen LogP contribution is 2.38. The molecule has 0 unspecified atom stereocenters. The fraction of sp³-hybridized carbons (Fsp3) is 0.467. The molecule has 0 N–H and O–H groups in total. The summed E-state index contributed by atoms with van der Waals surface area (Å²) in [6, 6.07) is 1.84. The highest BCUT2D eigenvalue weighted by Gasteiger charge is 2.39. The minimum Gasteiger partial charge on any atom is -0.368 e. The molecule has 1 aliphatic heterocycles. The van der Waals surface area contributed by atoms with Crippen molar-refractivity contribution in [3.05, 3.63) is 35.9 Å². The molecule has 0 radical (unpaired) electrons. The van der Waals surface area contributed by atoms with E-state index in [9.17, 15) is 26.0 Å². The Bertz CT molecular complexity index is 944. The minimum absolute atomic E-state index is 0.0147. The summed E-state index contributed by atoms with van der Waals surface area (Å²) >= 11 is 0. The van der Waals surface area contributed by atoms with Crippen LogP contribution in [-0.4, -0.2) is 53.2 Å². The molecule has 1 fully saturated rings. The number of aryl methyl sites for hydroxylation is 1. The van der Waals surface area contributed by atoms with Gasteiger partial charge in [0.15, 0.2) is 0 Å². The molecule has 0 amide bonds. The van der Waals surface area contributed by atoms with Gasteiger partial charge in [0.05, 0.1) is 5.56 Å². The average Bonchev–Trinajstić information content (AvgIpc) is 3.01. The molecule has 1 aromatic heterocycles. The normalized spacial score (nSPS) is 19.5. The fourth-order valence-electron chi connectivity index (χ4n) is 3.07. The van der Waals surface area contributed by atoms with E-state index in [1.165, 1.54) is 23.0 Å². The number of sulfonamides is 1. The van der Waals surface area contributed by atoms with E-state index in [2.05, 4.69) is 10.1 Å². The maximum atomic E-state index is 13.3. The van der Waals surface area contributed by atoms with Gasteiger partial charge in [-0.25, -0.2) is 17.8 Å². The third kappa shape index (κ3) is 3.76. The molecule has 2 aromatic rings. The second-order valence-electron chi connectivity index (χ2n) is 6.27. The van der Waals surface area contributed by atoms with Crippen molar-refractivity contribution in [1.29, 1.82) is 0 Å². The molecular weight excluding hydrogens is 390 g/mol. The Balaban J connectivity index is 1.86. The van der Waals surface area contributed by atoms with E-state index in [-0.39, 0.29) is 30.5 Å². The van der Waals surface area contributed by atoms with Gasteiger partial charge in [0.2, 0.25) is 0 Å². The maximum Gasteiger partial charge on any atom is 0.418 e. The van der Waals surface area contributed by atoms with Crippen molar-refractivity contribution >= 4 is 15.7 Å². The first-order valence-electron chi connectivity index (χ1n) is 7.99. The zero-order valence-electron chi connectivity index (χ0n) is 14.5. The molecule has 2 heterocycles. The van der Waals surface area contributed by atoms with E-state index in [4.69, 9.17) is 0 Å². The number of alkyl halides is 3. The third-order valence-electron chi connectivity index (χ3n) is 4.29. The Morgan fingerprint density at radius 2 is 1.93 bits per heavy atom. The first-order chi connectivity index (χ1) is 12.5. The van der Waals surface area contributed by atoms with Crippen molar-refractivity contribution in [2.45, 2.75) is 24.3 Å². The average molecular weight is 407 g/mol. The van der Waals surface area contributed by atoms with Crippen LogP contribution in [-0.2, 0) is 23.2 Å². The highest BCUT2D eigenvalue weighted by atomic mass is 32.2. The van der Waals surface area contributed by atoms with Gasteiger partial charge in [-0.3, -0.25) is 4.68 Å². The number of nitrogens with zero attached hydrogens (tertiary/aromatic N) is 5. The topological polar surface area (TPSA) is 71.3 Å². The smallest absolute Gasteiger partial charge is 0.368 e. The number of aromatic nitrogens is 3. The molecule has 3 rings (SSSR count). The quantitative estimate of drug-likeness (QED) is 0.727. The molecule has 148 valence electrons. The molecule has 1 atom stereocenters. The second-order valence-corrected chi connectivity index (χ2v) is 8.06. The van der Waals surface area contributed by atoms with Gasteiger partial charge in [-0.1, -0.05) is 0 Å². The van der Waals surface area contributed by atoms with Crippen LogP contribution in [0, 0.1) is 5.82 Å². The Kier molecular flexibility index (Phi) is 4.89. The van der Waals surface area contributed by atoms with Crippen LogP contribution in [0.3, 0.4) is 0 Å². The van der Waals surface area contributed by atoms with Crippen LogP contribution in [0.5, 0.6) is 0 Å².